The number of nitrogens with one attached hydrogen (secondary N) is 1. The average molecular weight is 349 g/mol. The second kappa shape index (κ2) is 5.78. The number of carboxylic acid groups (broad SMARTS) is 1. The van der Waals surface area contributed by atoms with Gasteiger partial charge in [0.15, 0.2) is 0 Å². The van der Waals surface area contributed by atoms with Crippen molar-refractivity contribution in [1.82, 2.24) is 10.2 Å². The number of carbonyl (C=O) groups is 3. The quantitative estimate of drug-likeness (QED) is 0.675. The highest BCUT2D eigenvalue weighted by Gasteiger charge is 2.64. The van der Waals surface area contributed by atoms with Crippen LogP contribution in [0.25, 0.3) is 0 Å². The lowest BCUT2D eigenvalue weighted by Crippen LogP contribution is -2.71. The fourth-order valence-electron chi connectivity index (χ4n) is 3.20. The number of hydrogen-bond acceptors (Lipinski definition) is 5. The maximum atomic E-state index is 12.3. The van der Waals surface area contributed by atoms with Crippen LogP contribution in [0.3, 0.4) is 0 Å². The minimum atomic E-state index is -1.03. The van der Waals surface area contributed by atoms with Gasteiger partial charge in [0.25, 0.3) is 0 Å². The van der Waals surface area contributed by atoms with E-state index in [9.17, 15) is 19.5 Å². The van der Waals surface area contributed by atoms with E-state index < -0.39 is 34.7 Å². The van der Waals surface area contributed by atoms with Crippen molar-refractivity contribution in [3.63, 3.8) is 0 Å². The number of aliphatic carboxylic acids is 1. The van der Waals surface area contributed by atoms with Crippen molar-refractivity contribution in [3.05, 3.63) is 35.9 Å². The van der Waals surface area contributed by atoms with E-state index in [1.54, 1.807) is 38.1 Å². The first-order valence-electron chi connectivity index (χ1n) is 7.58. The lowest BCUT2D eigenvalue weighted by Gasteiger charge is -2.43. The van der Waals surface area contributed by atoms with Crippen LogP contribution < -0.4 is 11.1 Å². The molecule has 1 unspecified atom stereocenters. The van der Waals surface area contributed by atoms with Gasteiger partial charge in [0, 0.05) is 4.75 Å². The number of fused-ring (bicyclic) bond motifs is 1. The van der Waals surface area contributed by atoms with Gasteiger partial charge in [-0.1, -0.05) is 30.3 Å². The topological polar surface area (TPSA) is 113 Å². The Morgan fingerprint density at radius 2 is 1.96 bits per heavy atom. The summed E-state index contributed by atoms with van der Waals surface area (Å²) in [7, 11) is 0. The summed E-state index contributed by atoms with van der Waals surface area (Å²) < 4.78 is -0.618. The second-order valence-electron chi connectivity index (χ2n) is 6.47. The Morgan fingerprint density at radius 3 is 2.54 bits per heavy atom. The minimum Gasteiger partial charge on any atom is -0.480 e. The Kier molecular flexibility index (Phi) is 4.05. The first-order valence-corrected chi connectivity index (χ1v) is 8.45. The summed E-state index contributed by atoms with van der Waals surface area (Å²) in [5.41, 5.74) is 6.59. The van der Waals surface area contributed by atoms with Gasteiger partial charge in [-0.15, -0.1) is 11.8 Å². The van der Waals surface area contributed by atoms with E-state index in [0.29, 0.717) is 5.56 Å². The van der Waals surface area contributed by atoms with E-state index in [2.05, 4.69) is 5.32 Å². The van der Waals surface area contributed by atoms with Crippen LogP contribution >= 0.6 is 11.8 Å². The van der Waals surface area contributed by atoms with Crippen molar-refractivity contribution in [3.8, 4) is 0 Å². The Bertz CT molecular complexity index is 694. The van der Waals surface area contributed by atoms with Crippen LogP contribution in [0.5, 0.6) is 0 Å². The molecule has 1 aromatic carbocycles. The second-order valence-corrected chi connectivity index (χ2v) is 8.24. The number of hydrogen-bond donors (Lipinski definition) is 3. The summed E-state index contributed by atoms with van der Waals surface area (Å²) in [4.78, 5) is 37.5. The van der Waals surface area contributed by atoms with Gasteiger partial charge in [-0.3, -0.25) is 9.59 Å². The summed E-state index contributed by atoms with van der Waals surface area (Å²) in [6, 6.07) is 6.38. The van der Waals surface area contributed by atoms with Gasteiger partial charge in [-0.25, -0.2) is 4.79 Å². The lowest BCUT2D eigenvalue weighted by molar-refractivity contribution is -0.161. The molecule has 8 heteroatoms. The van der Waals surface area contributed by atoms with Crippen molar-refractivity contribution in [2.24, 2.45) is 5.73 Å². The van der Waals surface area contributed by atoms with E-state index in [1.807, 2.05) is 6.07 Å². The van der Waals surface area contributed by atoms with E-state index in [0.717, 1.165) is 0 Å². The first kappa shape index (κ1) is 16.8. The maximum absolute atomic E-state index is 12.3. The van der Waals surface area contributed by atoms with Crippen LogP contribution in [-0.2, 0) is 14.4 Å². The fourth-order valence-corrected chi connectivity index (χ4v) is 4.83. The smallest absolute Gasteiger partial charge is 0.327 e. The van der Waals surface area contributed by atoms with Crippen molar-refractivity contribution in [1.29, 1.82) is 0 Å². The molecule has 2 amide bonds. The predicted molar refractivity (Wildman–Crippen MR) is 89.0 cm³/mol. The SMILES string of the molecule is CC1(C)S[C@@H]2C(NC(=O)[C@H](N)c3ccccc3)C(=O)N2[C@H]1C(=O)O. The van der Waals surface area contributed by atoms with E-state index in [-0.39, 0.29) is 11.3 Å². The van der Waals surface area contributed by atoms with Crippen LogP contribution in [-0.4, -0.2) is 50.0 Å². The molecule has 2 saturated heterocycles. The number of β-lactam (4-membered cyclic amide) rings is 1. The molecule has 4 N–H and O–H groups in total. The van der Waals surface area contributed by atoms with Crippen molar-refractivity contribution < 1.29 is 19.5 Å². The van der Waals surface area contributed by atoms with E-state index in [1.165, 1.54) is 16.7 Å². The summed E-state index contributed by atoms with van der Waals surface area (Å²) in [5.74, 6) is -1.86. The summed E-state index contributed by atoms with van der Waals surface area (Å²) >= 11 is 1.38. The molecule has 128 valence electrons. The average Bonchev–Trinajstić information content (AvgIpc) is 2.80. The van der Waals surface area contributed by atoms with Crippen molar-refractivity contribution in [2.45, 2.75) is 42.1 Å². The molecule has 3 rings (SSSR count). The van der Waals surface area contributed by atoms with Crippen molar-refractivity contribution in [2.75, 3.05) is 0 Å². The third-order valence-corrected chi connectivity index (χ3v) is 5.99. The lowest BCUT2D eigenvalue weighted by atomic mass is 9.95. The molecule has 0 saturated carbocycles. The molecule has 0 radical (unpaired) electrons. The molecule has 2 aliphatic rings. The summed E-state index contributed by atoms with van der Waals surface area (Å²) in [6.07, 6.45) is 0. The van der Waals surface area contributed by atoms with Gasteiger partial charge in [-0.05, 0) is 19.4 Å². The molecule has 2 heterocycles. The standard InChI is InChI=1S/C16H19N3O4S/c1-16(2)11(15(22)23)19-13(21)10(14(19)24-16)18-12(20)9(17)8-6-4-3-5-7-8/h3-7,9-11,14H,17H2,1-2H3,(H,18,20)(H,22,23)/t9-,10?,11+,14-/m1/s1. The minimum absolute atomic E-state index is 0.375. The van der Waals surface area contributed by atoms with Crippen LogP contribution in [0.2, 0.25) is 0 Å². The molecule has 1 aromatic rings. The number of benzene rings is 1. The highest BCUT2D eigenvalue weighted by Crippen LogP contribution is 2.50. The Balaban J connectivity index is 1.71. The van der Waals surface area contributed by atoms with Crippen LogP contribution in [0.1, 0.15) is 25.5 Å². The predicted octanol–water partition coefficient (Wildman–Crippen LogP) is 0.318. The molecule has 7 nitrogen and oxygen atoms in total. The van der Waals surface area contributed by atoms with Gasteiger partial charge in [0.1, 0.15) is 23.5 Å². The molecule has 2 fully saturated rings. The molecule has 0 bridgehead atoms. The van der Waals surface area contributed by atoms with Gasteiger partial charge in [0.05, 0.1) is 0 Å². The molecule has 0 aromatic heterocycles. The summed E-state index contributed by atoms with van der Waals surface area (Å²) in [5, 5.41) is 11.7. The first-order chi connectivity index (χ1) is 11.2. The monoisotopic (exact) mass is 349 g/mol. The molecule has 0 aliphatic carbocycles. The van der Waals surface area contributed by atoms with E-state index in [4.69, 9.17) is 5.73 Å². The zero-order valence-electron chi connectivity index (χ0n) is 13.3. The molecule has 0 spiro atoms. The van der Waals surface area contributed by atoms with Gasteiger partial charge in [0.2, 0.25) is 11.8 Å². The van der Waals surface area contributed by atoms with Crippen molar-refractivity contribution >= 4 is 29.5 Å². The largest absolute Gasteiger partial charge is 0.480 e. The van der Waals surface area contributed by atoms with Gasteiger partial charge in [-0.2, -0.15) is 0 Å². The fraction of sp³-hybridized carbons (Fsp3) is 0.438. The third kappa shape index (κ3) is 2.55. The number of amides is 2. The highest BCUT2D eigenvalue weighted by atomic mass is 32.2. The Labute approximate surface area is 143 Å². The number of carboxylic acids is 1. The Hall–Kier alpha value is -2.06. The van der Waals surface area contributed by atoms with Crippen LogP contribution in [0.4, 0.5) is 0 Å². The normalized spacial score (nSPS) is 28.7. The van der Waals surface area contributed by atoms with Gasteiger partial charge >= 0.3 is 5.97 Å². The zero-order valence-corrected chi connectivity index (χ0v) is 14.1. The third-order valence-electron chi connectivity index (χ3n) is 4.41. The number of rotatable bonds is 4. The van der Waals surface area contributed by atoms with Crippen LogP contribution in [0, 0.1) is 0 Å². The van der Waals surface area contributed by atoms with E-state index >= 15 is 0 Å². The Morgan fingerprint density at radius 1 is 1.33 bits per heavy atom. The number of carbonyl (C=O) groups excluding carboxylic acids is 2. The van der Waals surface area contributed by atoms with Crippen LogP contribution in [0.15, 0.2) is 30.3 Å². The molecular weight excluding hydrogens is 330 g/mol. The maximum Gasteiger partial charge on any atom is 0.327 e. The summed E-state index contributed by atoms with van der Waals surface area (Å²) in [6.45, 7) is 3.58. The molecule has 2 aliphatic heterocycles. The number of nitrogens with zero attached hydrogens (tertiary/aromatic N) is 1. The molecular formula is C16H19N3O4S. The number of thioether (sulfide) groups is 1. The molecule has 24 heavy (non-hydrogen) atoms. The number of nitrogens with two attached hydrogens (primary N) is 1. The highest BCUT2D eigenvalue weighted by molar-refractivity contribution is 8.01. The molecule has 4 atom stereocenters. The van der Waals surface area contributed by atoms with Gasteiger partial charge < -0.3 is 21.1 Å². The zero-order chi connectivity index (χ0) is 17.6.